The van der Waals surface area contributed by atoms with Gasteiger partial charge in [0.15, 0.2) is 0 Å². The third-order valence-corrected chi connectivity index (χ3v) is 4.48. The fraction of sp³-hybridized carbons (Fsp3) is 0.294. The Bertz CT molecular complexity index is 637. The van der Waals surface area contributed by atoms with Crippen LogP contribution in [0.1, 0.15) is 18.4 Å². The summed E-state index contributed by atoms with van der Waals surface area (Å²) in [5.74, 6) is 0.875. The largest absolute Gasteiger partial charge is 0.488 e. The van der Waals surface area contributed by atoms with E-state index in [-0.39, 0.29) is 6.10 Å². The zero-order valence-corrected chi connectivity index (χ0v) is 13.1. The number of benzene rings is 2. The monoisotopic (exact) mass is 321 g/mol. The Kier molecular flexibility index (Phi) is 4.39. The molecule has 2 nitrogen and oxygen atoms in total. The van der Waals surface area contributed by atoms with Gasteiger partial charge in [0.05, 0.1) is 10.0 Å². The molecule has 0 saturated carbocycles. The van der Waals surface area contributed by atoms with Crippen molar-refractivity contribution in [1.82, 2.24) is 0 Å². The predicted molar refractivity (Wildman–Crippen MR) is 88.3 cm³/mol. The molecule has 2 N–H and O–H groups in total. The highest BCUT2D eigenvalue weighted by Gasteiger charge is 2.22. The molecule has 0 bridgehead atoms. The van der Waals surface area contributed by atoms with E-state index in [4.69, 9.17) is 33.7 Å². The standard InChI is InChI=1S/C17H17Cl2NO/c18-14-8-3-9-15(19)16(14)13-7-2-5-11-4-1-6-12(10-20)21-17(11)13/h2-3,5,7-9,12H,1,4,6,10,20H2/t12-/m1/s1. The van der Waals surface area contributed by atoms with Crippen molar-refractivity contribution < 1.29 is 4.74 Å². The molecule has 2 aromatic rings. The van der Waals surface area contributed by atoms with Crippen LogP contribution in [-0.4, -0.2) is 12.6 Å². The fourth-order valence-corrected chi connectivity index (χ4v) is 3.39. The van der Waals surface area contributed by atoms with Crippen LogP contribution >= 0.6 is 23.2 Å². The minimum atomic E-state index is 0.0497. The molecule has 0 amide bonds. The van der Waals surface area contributed by atoms with E-state index in [0.29, 0.717) is 16.6 Å². The minimum absolute atomic E-state index is 0.0497. The topological polar surface area (TPSA) is 35.2 Å². The average Bonchev–Trinajstić information content (AvgIpc) is 2.69. The summed E-state index contributed by atoms with van der Waals surface area (Å²) in [7, 11) is 0. The minimum Gasteiger partial charge on any atom is -0.488 e. The van der Waals surface area contributed by atoms with Gasteiger partial charge in [-0.1, -0.05) is 47.5 Å². The Morgan fingerprint density at radius 1 is 1.10 bits per heavy atom. The van der Waals surface area contributed by atoms with Gasteiger partial charge in [-0.05, 0) is 37.0 Å². The van der Waals surface area contributed by atoms with E-state index in [1.807, 2.05) is 30.3 Å². The molecular weight excluding hydrogens is 305 g/mol. The Hall–Kier alpha value is -1.22. The number of nitrogens with two attached hydrogens (primary N) is 1. The Morgan fingerprint density at radius 2 is 1.81 bits per heavy atom. The van der Waals surface area contributed by atoms with Crippen molar-refractivity contribution in [1.29, 1.82) is 0 Å². The molecule has 0 unspecified atom stereocenters. The van der Waals surface area contributed by atoms with Crippen LogP contribution in [0.5, 0.6) is 5.75 Å². The Balaban J connectivity index is 2.16. The molecule has 0 saturated heterocycles. The molecule has 1 aliphatic rings. The molecule has 0 aromatic heterocycles. The highest BCUT2D eigenvalue weighted by atomic mass is 35.5. The van der Waals surface area contributed by atoms with Crippen LogP contribution in [-0.2, 0) is 6.42 Å². The molecule has 1 heterocycles. The third-order valence-electron chi connectivity index (χ3n) is 3.85. The molecular formula is C17H17Cl2NO. The van der Waals surface area contributed by atoms with E-state index in [2.05, 4.69) is 6.07 Å². The van der Waals surface area contributed by atoms with Crippen molar-refractivity contribution in [2.45, 2.75) is 25.4 Å². The van der Waals surface area contributed by atoms with Crippen LogP contribution in [0.3, 0.4) is 0 Å². The van der Waals surface area contributed by atoms with Crippen LogP contribution in [0, 0.1) is 0 Å². The average molecular weight is 322 g/mol. The van der Waals surface area contributed by atoms with Crippen LogP contribution in [0.15, 0.2) is 36.4 Å². The molecule has 3 rings (SSSR count). The van der Waals surface area contributed by atoms with Gasteiger partial charge in [0.25, 0.3) is 0 Å². The van der Waals surface area contributed by atoms with Crippen LogP contribution in [0.25, 0.3) is 11.1 Å². The van der Waals surface area contributed by atoms with Gasteiger partial charge >= 0.3 is 0 Å². The summed E-state index contributed by atoms with van der Waals surface area (Å²) in [5.41, 5.74) is 8.77. The lowest BCUT2D eigenvalue weighted by Crippen LogP contribution is -2.26. The maximum Gasteiger partial charge on any atom is 0.130 e. The number of ether oxygens (including phenoxy) is 1. The zero-order valence-electron chi connectivity index (χ0n) is 11.6. The number of fused-ring (bicyclic) bond motifs is 1. The summed E-state index contributed by atoms with van der Waals surface area (Å²) < 4.78 is 6.16. The normalized spacial score (nSPS) is 17.8. The van der Waals surface area contributed by atoms with Gasteiger partial charge < -0.3 is 10.5 Å². The second-order valence-electron chi connectivity index (χ2n) is 5.26. The van der Waals surface area contributed by atoms with Gasteiger partial charge in [0.1, 0.15) is 11.9 Å². The maximum atomic E-state index is 6.35. The quantitative estimate of drug-likeness (QED) is 0.869. The molecule has 0 spiro atoms. The molecule has 1 aliphatic heterocycles. The van der Waals surface area contributed by atoms with E-state index in [0.717, 1.165) is 36.1 Å². The maximum absolute atomic E-state index is 6.35. The Labute approximate surface area is 134 Å². The highest BCUT2D eigenvalue weighted by molar-refractivity contribution is 6.39. The van der Waals surface area contributed by atoms with Gasteiger partial charge in [-0.2, -0.15) is 0 Å². The van der Waals surface area contributed by atoms with Gasteiger partial charge in [-0.25, -0.2) is 0 Å². The number of aryl methyl sites for hydroxylation is 1. The third kappa shape index (κ3) is 2.89. The fourth-order valence-electron chi connectivity index (χ4n) is 2.78. The summed E-state index contributed by atoms with van der Waals surface area (Å²) in [4.78, 5) is 0. The zero-order chi connectivity index (χ0) is 14.8. The molecule has 0 fully saturated rings. The van der Waals surface area contributed by atoms with E-state index in [9.17, 15) is 0 Å². The molecule has 0 radical (unpaired) electrons. The van der Waals surface area contributed by atoms with Crippen LogP contribution in [0.4, 0.5) is 0 Å². The number of rotatable bonds is 2. The van der Waals surface area contributed by atoms with Gasteiger partial charge in [-0.15, -0.1) is 0 Å². The first kappa shape index (κ1) is 14.7. The summed E-state index contributed by atoms with van der Waals surface area (Å²) in [6, 6.07) is 11.7. The van der Waals surface area contributed by atoms with Gasteiger partial charge in [0, 0.05) is 17.7 Å². The first-order valence-corrected chi connectivity index (χ1v) is 7.89. The van der Waals surface area contributed by atoms with Crippen molar-refractivity contribution in [3.63, 3.8) is 0 Å². The molecule has 21 heavy (non-hydrogen) atoms. The van der Waals surface area contributed by atoms with Crippen LogP contribution in [0.2, 0.25) is 10.0 Å². The lowest BCUT2D eigenvalue weighted by Gasteiger charge is -2.19. The summed E-state index contributed by atoms with van der Waals surface area (Å²) in [6.45, 7) is 0.518. The number of halogens is 2. The first-order valence-electron chi connectivity index (χ1n) is 7.13. The molecule has 4 heteroatoms. The van der Waals surface area contributed by atoms with Crippen molar-refractivity contribution in [2.24, 2.45) is 5.73 Å². The van der Waals surface area contributed by atoms with Crippen molar-refractivity contribution >= 4 is 23.2 Å². The number of hydrogen-bond acceptors (Lipinski definition) is 2. The lowest BCUT2D eigenvalue weighted by atomic mass is 9.99. The van der Waals surface area contributed by atoms with Crippen LogP contribution < -0.4 is 10.5 Å². The number of para-hydroxylation sites is 1. The second kappa shape index (κ2) is 6.27. The predicted octanol–water partition coefficient (Wildman–Crippen LogP) is 4.70. The summed E-state index contributed by atoms with van der Waals surface area (Å²) in [5, 5.41) is 1.26. The van der Waals surface area contributed by atoms with Gasteiger partial charge in [-0.3, -0.25) is 0 Å². The molecule has 2 aromatic carbocycles. The van der Waals surface area contributed by atoms with E-state index >= 15 is 0 Å². The summed E-state index contributed by atoms with van der Waals surface area (Å²) >= 11 is 12.7. The van der Waals surface area contributed by atoms with Crippen molar-refractivity contribution in [3.8, 4) is 16.9 Å². The van der Waals surface area contributed by atoms with Gasteiger partial charge in [0.2, 0.25) is 0 Å². The second-order valence-corrected chi connectivity index (χ2v) is 6.07. The van der Waals surface area contributed by atoms with E-state index < -0.39 is 0 Å². The molecule has 1 atom stereocenters. The van der Waals surface area contributed by atoms with Crippen molar-refractivity contribution in [2.75, 3.05) is 6.54 Å². The van der Waals surface area contributed by atoms with E-state index in [1.54, 1.807) is 0 Å². The first-order chi connectivity index (χ1) is 10.2. The molecule has 110 valence electrons. The number of hydrogen-bond donors (Lipinski definition) is 1. The highest BCUT2D eigenvalue weighted by Crippen LogP contribution is 2.42. The summed E-state index contributed by atoms with van der Waals surface area (Å²) in [6.07, 6.45) is 3.09. The Morgan fingerprint density at radius 3 is 2.52 bits per heavy atom. The smallest absolute Gasteiger partial charge is 0.130 e. The molecule has 0 aliphatic carbocycles. The van der Waals surface area contributed by atoms with Crippen molar-refractivity contribution in [3.05, 3.63) is 52.0 Å². The SMILES string of the molecule is NC[C@H]1CCCc2cccc(-c3c(Cl)cccc3Cl)c2O1. The van der Waals surface area contributed by atoms with E-state index in [1.165, 1.54) is 5.56 Å². The lowest BCUT2D eigenvalue weighted by molar-refractivity contribution is 0.205.